The predicted molar refractivity (Wildman–Crippen MR) is 271 cm³/mol. The lowest BCUT2D eigenvalue weighted by Gasteiger charge is -2.34. The van der Waals surface area contributed by atoms with Crippen LogP contribution in [0.4, 0.5) is 0 Å². The molecule has 0 bridgehead atoms. The summed E-state index contributed by atoms with van der Waals surface area (Å²) in [4.78, 5) is 100. The topological polar surface area (TPSA) is 368 Å². The monoisotopic (exact) mass is 1060 g/mol. The maximum atomic E-state index is 14.3. The molecule has 4 rings (SSSR count). The van der Waals surface area contributed by atoms with E-state index in [2.05, 4.69) is 57.8 Å². The Labute approximate surface area is 437 Å². The number of amides is 7. The quantitative estimate of drug-likeness (QED) is 0.0531. The van der Waals surface area contributed by atoms with Gasteiger partial charge in [-0.05, 0) is 70.1 Å². The first kappa shape index (κ1) is 62.0. The van der Waals surface area contributed by atoms with E-state index < -0.39 is 152 Å². The van der Waals surface area contributed by atoms with Gasteiger partial charge in [-0.15, -0.1) is 0 Å². The van der Waals surface area contributed by atoms with Gasteiger partial charge in [-0.3, -0.25) is 33.6 Å². The van der Waals surface area contributed by atoms with E-state index in [0.717, 1.165) is 74.3 Å². The molecular formula is C52H81N7O16. The fraction of sp³-hybridized carbons (Fsp3) is 0.673. The number of unbranched alkanes of at least 4 members (excludes halogenated alkanes) is 8. The summed E-state index contributed by atoms with van der Waals surface area (Å²) in [5.74, 6) is -8.97. The highest BCUT2D eigenvalue weighted by Crippen LogP contribution is 2.28. The van der Waals surface area contributed by atoms with Gasteiger partial charge in [0.25, 0.3) is 0 Å². The highest BCUT2D eigenvalue weighted by Gasteiger charge is 2.50. The molecule has 0 radical (unpaired) electrons. The number of allylic oxidation sites excluding steroid dienone is 4. The molecule has 15 atom stereocenters. The molecule has 0 spiro atoms. The summed E-state index contributed by atoms with van der Waals surface area (Å²) >= 11 is 0. The third kappa shape index (κ3) is 18.0. The number of hydrogen-bond donors (Lipinski definition) is 14. The van der Waals surface area contributed by atoms with E-state index in [9.17, 15) is 79.5 Å². The molecule has 14 N–H and O–H groups in total. The number of phenols is 1. The summed E-state index contributed by atoms with van der Waals surface area (Å²) in [6.45, 7) is 4.97. The summed E-state index contributed by atoms with van der Waals surface area (Å²) in [6.07, 6.45) is 2.50. The van der Waals surface area contributed by atoms with Crippen molar-refractivity contribution in [2.45, 2.75) is 203 Å². The van der Waals surface area contributed by atoms with Crippen molar-refractivity contribution in [1.29, 1.82) is 0 Å². The van der Waals surface area contributed by atoms with Gasteiger partial charge < -0.3 is 82.3 Å². The van der Waals surface area contributed by atoms with Crippen molar-refractivity contribution < 1.29 is 79.5 Å². The van der Waals surface area contributed by atoms with E-state index in [0.29, 0.717) is 12.8 Å². The summed E-state index contributed by atoms with van der Waals surface area (Å²) in [5, 5.41) is 110. The second kappa shape index (κ2) is 30.3. The summed E-state index contributed by atoms with van der Waals surface area (Å²) in [7, 11) is 0. The molecule has 3 aliphatic heterocycles. The Kier molecular flexibility index (Phi) is 25.0. The molecule has 1 aromatic carbocycles. The Bertz CT molecular complexity index is 2110. The van der Waals surface area contributed by atoms with Crippen LogP contribution in [0.3, 0.4) is 0 Å². The standard InChI is InChI=1S/C52H81N7O16/c1-5-6-7-8-9-10-11-12-13-14-15-16-17-18-19-20-38(65)53-35-26-37(64)48(71)57-50(73)42-43(66)29(2)27-59(42)52(75)40(31(4)61)55-49(72)41(45(68)44(67)32-21-23-33(62)24-22-32)56-47(70)36-25-34(63)28-58(36)51(74)39(30(3)60)54-46(35)69/h9-10,12-13,21-24,29-31,34-37,39-45,48,60-64,66-68,71H,5-8,11,14-20,25-28H2,1-4H3,(H,53,65)(H,54,69)(H,55,72)(H,56,70)(H,57,73)/b10-9-,13-12-/t29-,30+,31+,34+,35-,36-,37+,39?,40-,41?,42-,43-,44-,45-,48+/m0/s1. The van der Waals surface area contributed by atoms with Crippen molar-refractivity contribution in [1.82, 2.24) is 36.4 Å². The number of benzene rings is 1. The first-order valence-electron chi connectivity index (χ1n) is 26.2. The maximum absolute atomic E-state index is 14.3. The lowest BCUT2D eigenvalue weighted by atomic mass is 9.96. The van der Waals surface area contributed by atoms with Crippen LogP contribution in [0.15, 0.2) is 48.6 Å². The molecule has 3 saturated heterocycles. The molecule has 3 heterocycles. The summed E-state index contributed by atoms with van der Waals surface area (Å²) < 4.78 is 0. The van der Waals surface area contributed by atoms with Crippen LogP contribution in [0, 0.1) is 5.92 Å². The number of nitrogens with zero attached hydrogens (tertiary/aromatic N) is 2. The largest absolute Gasteiger partial charge is 0.508 e. The van der Waals surface area contributed by atoms with Crippen LogP contribution in [-0.2, 0) is 33.6 Å². The highest BCUT2D eigenvalue weighted by atomic mass is 16.3. The Hall–Kier alpha value is -5.53. The molecule has 2 unspecified atom stereocenters. The van der Waals surface area contributed by atoms with Gasteiger partial charge >= 0.3 is 0 Å². The van der Waals surface area contributed by atoms with Crippen molar-refractivity contribution >= 4 is 41.4 Å². The number of carbonyl (C=O) groups excluding carboxylic acids is 7. The molecule has 3 aliphatic rings. The van der Waals surface area contributed by atoms with Gasteiger partial charge in [0.15, 0.2) is 6.23 Å². The van der Waals surface area contributed by atoms with Crippen LogP contribution in [0.5, 0.6) is 5.75 Å². The van der Waals surface area contributed by atoms with Crippen molar-refractivity contribution in [3.8, 4) is 5.75 Å². The molecule has 23 heteroatoms. The minimum absolute atomic E-state index is 0.0614. The number of nitrogens with one attached hydrogen (secondary N) is 5. The molecule has 0 aliphatic carbocycles. The van der Waals surface area contributed by atoms with Crippen molar-refractivity contribution in [2.75, 3.05) is 13.1 Å². The number of aliphatic hydroxyl groups is 8. The average Bonchev–Trinajstić information content (AvgIpc) is 3.91. The molecule has 420 valence electrons. The number of hydrogen-bond acceptors (Lipinski definition) is 16. The van der Waals surface area contributed by atoms with Crippen molar-refractivity contribution in [3.05, 3.63) is 54.1 Å². The molecular weight excluding hydrogens is 979 g/mol. The Morgan fingerprint density at radius 2 is 1.24 bits per heavy atom. The van der Waals surface area contributed by atoms with E-state index >= 15 is 0 Å². The number of carbonyl (C=O) groups is 7. The molecule has 23 nitrogen and oxygen atoms in total. The number of aliphatic hydroxyl groups excluding tert-OH is 8. The van der Waals surface area contributed by atoms with Gasteiger partial charge in [0.05, 0.1) is 24.4 Å². The van der Waals surface area contributed by atoms with Crippen LogP contribution in [0.1, 0.15) is 129 Å². The number of aromatic hydroxyl groups is 1. The predicted octanol–water partition coefficient (Wildman–Crippen LogP) is -1.33. The first-order valence-corrected chi connectivity index (χ1v) is 26.2. The van der Waals surface area contributed by atoms with E-state index in [1.165, 1.54) is 38.3 Å². The van der Waals surface area contributed by atoms with Crippen molar-refractivity contribution in [2.24, 2.45) is 5.92 Å². The lowest BCUT2D eigenvalue weighted by molar-refractivity contribution is -0.148. The Morgan fingerprint density at radius 1 is 0.680 bits per heavy atom. The summed E-state index contributed by atoms with van der Waals surface area (Å²) in [5.41, 5.74) is -0.0614. The molecule has 75 heavy (non-hydrogen) atoms. The van der Waals surface area contributed by atoms with E-state index in [-0.39, 0.29) is 24.3 Å². The van der Waals surface area contributed by atoms with Gasteiger partial charge in [0.1, 0.15) is 60.3 Å². The van der Waals surface area contributed by atoms with Crippen LogP contribution >= 0.6 is 0 Å². The second-order valence-corrected chi connectivity index (χ2v) is 20.1. The van der Waals surface area contributed by atoms with E-state index in [1.54, 1.807) is 0 Å². The molecule has 0 saturated carbocycles. The van der Waals surface area contributed by atoms with Crippen LogP contribution in [0.25, 0.3) is 0 Å². The van der Waals surface area contributed by atoms with Gasteiger partial charge in [0, 0.05) is 38.3 Å². The molecule has 3 fully saturated rings. The SMILES string of the molecule is CCCCC/C=C\C/C=C\CCCCCCCC(=O)N[C@H]1C[C@@H](O)[C@@H](O)NC(=O)[C@@H]2[C@@H](O)[C@@H](C)CN2C(=O)[C@H]([C@@H](C)O)NC(=O)C([C@H](O)[C@@H](O)c2ccc(O)cc2)NC(=O)[C@@H]2C[C@@H](O)CN2C(=O)C([C@@H](C)O)NC1=O. The number of rotatable bonds is 20. The average molecular weight is 1060 g/mol. The first-order chi connectivity index (χ1) is 35.6. The van der Waals surface area contributed by atoms with Crippen LogP contribution in [-0.4, -0.2) is 189 Å². The molecule has 1 aromatic rings. The number of phenolic OH excluding ortho intramolecular Hbond substituents is 1. The third-order valence-corrected chi connectivity index (χ3v) is 13.9. The van der Waals surface area contributed by atoms with Gasteiger partial charge in [-0.2, -0.15) is 0 Å². The lowest BCUT2D eigenvalue weighted by Crippen LogP contribution is -2.64. The van der Waals surface area contributed by atoms with Gasteiger partial charge in [0.2, 0.25) is 41.4 Å². The zero-order valence-electron chi connectivity index (χ0n) is 43.4. The minimum Gasteiger partial charge on any atom is -0.508 e. The van der Waals surface area contributed by atoms with Gasteiger partial charge in [-0.1, -0.05) is 82.4 Å². The van der Waals surface area contributed by atoms with E-state index in [1.807, 2.05) is 0 Å². The van der Waals surface area contributed by atoms with Crippen LogP contribution in [0.2, 0.25) is 0 Å². The smallest absolute Gasteiger partial charge is 0.248 e. The molecule has 7 amide bonds. The molecule has 0 aromatic heterocycles. The fourth-order valence-corrected chi connectivity index (χ4v) is 9.39. The highest BCUT2D eigenvalue weighted by molar-refractivity contribution is 5.98. The Morgan fingerprint density at radius 3 is 1.85 bits per heavy atom. The second-order valence-electron chi connectivity index (χ2n) is 20.1. The zero-order valence-corrected chi connectivity index (χ0v) is 43.4. The third-order valence-electron chi connectivity index (χ3n) is 13.9. The maximum Gasteiger partial charge on any atom is 0.248 e. The summed E-state index contributed by atoms with van der Waals surface area (Å²) in [6, 6.07) is -6.61. The number of fused-ring (bicyclic) bond motifs is 2. The van der Waals surface area contributed by atoms with Gasteiger partial charge in [-0.25, -0.2) is 0 Å². The van der Waals surface area contributed by atoms with E-state index in [4.69, 9.17) is 0 Å². The zero-order chi connectivity index (χ0) is 55.5. The normalized spacial score (nSPS) is 29.4. The van der Waals surface area contributed by atoms with Crippen LogP contribution < -0.4 is 26.6 Å². The van der Waals surface area contributed by atoms with Crippen molar-refractivity contribution in [3.63, 3.8) is 0 Å². The minimum atomic E-state index is -2.27. The Balaban J connectivity index is 1.62. The fourth-order valence-electron chi connectivity index (χ4n) is 9.39.